The van der Waals surface area contributed by atoms with Gasteiger partial charge in [0, 0.05) is 0 Å². The summed E-state index contributed by atoms with van der Waals surface area (Å²) in [6.45, 7) is 3.56. The summed E-state index contributed by atoms with van der Waals surface area (Å²) >= 11 is 9.36. The molecule has 46 valence electrons. The molecule has 2 nitrogen and oxygen atoms in total. The van der Waals surface area contributed by atoms with Crippen LogP contribution >= 0.6 is 24.4 Å². The van der Waals surface area contributed by atoms with Crippen molar-refractivity contribution in [2.24, 2.45) is 0 Å². The van der Waals surface area contributed by atoms with Crippen molar-refractivity contribution >= 4 is 34.4 Å². The highest BCUT2D eigenvalue weighted by Gasteiger charge is 1.82. The summed E-state index contributed by atoms with van der Waals surface area (Å²) in [6, 6.07) is 0. The third-order valence-corrected chi connectivity index (χ3v) is 0.619. The average Bonchev–Trinajstić information content (AvgIpc) is 1.61. The lowest BCUT2D eigenvalue weighted by Gasteiger charge is -2.03. The lowest BCUT2D eigenvalue weighted by atomic mass is 10.8. The van der Waals surface area contributed by atoms with Gasteiger partial charge in [-0.05, 0) is 13.8 Å². The van der Waals surface area contributed by atoms with E-state index in [-0.39, 0.29) is 0 Å². The molecule has 0 bridgehead atoms. The van der Waals surface area contributed by atoms with Gasteiger partial charge in [-0.15, -0.1) is 0 Å². The fourth-order valence-electron chi connectivity index (χ4n) is 0.176. The van der Waals surface area contributed by atoms with Crippen molar-refractivity contribution in [2.45, 2.75) is 13.8 Å². The number of thiocarbonyl (C=S) groups is 2. The molecule has 0 aromatic rings. The van der Waals surface area contributed by atoms with Crippen molar-refractivity contribution < 1.29 is 0 Å². The third-order valence-electron chi connectivity index (χ3n) is 0.415. The zero-order chi connectivity index (χ0) is 6.57. The second-order valence-corrected chi connectivity index (χ2v) is 2.59. The summed E-state index contributed by atoms with van der Waals surface area (Å²) in [4.78, 5) is 1.38. The van der Waals surface area contributed by atoms with E-state index in [1.807, 2.05) is 0 Å². The fourth-order valence-corrected chi connectivity index (χ4v) is 0.278. The van der Waals surface area contributed by atoms with E-state index in [9.17, 15) is 0 Å². The molecule has 0 fully saturated rings. The summed E-state index contributed by atoms with van der Waals surface area (Å²) in [5.41, 5.74) is 5.37. The Morgan fingerprint density at radius 1 is 1.00 bits per heavy atom. The first-order valence-corrected chi connectivity index (χ1v) is 2.97. The van der Waals surface area contributed by atoms with E-state index in [0.717, 1.165) is 0 Å². The number of nitrogens with one attached hydrogen (secondary N) is 2. The molecule has 0 radical (unpaired) electrons. The number of hydrogen-bond donors (Lipinski definition) is 2. The monoisotopic (exact) mass is 148 g/mol. The standard InChI is InChI=1S/C4H8N2S2/c1-3(7)5-6-4(2)8/h1-2H3,(H,5,7)(H,6,8). The van der Waals surface area contributed by atoms with Gasteiger partial charge in [0.25, 0.3) is 0 Å². The molecule has 0 aliphatic rings. The van der Waals surface area contributed by atoms with Gasteiger partial charge >= 0.3 is 0 Å². The van der Waals surface area contributed by atoms with Gasteiger partial charge in [0.05, 0.1) is 9.98 Å². The Kier molecular flexibility index (Phi) is 3.64. The molecule has 0 amide bonds. The zero-order valence-electron chi connectivity index (χ0n) is 4.82. The van der Waals surface area contributed by atoms with E-state index in [1.165, 1.54) is 0 Å². The minimum absolute atomic E-state index is 0.689. The summed E-state index contributed by atoms with van der Waals surface area (Å²) in [6.07, 6.45) is 0. The molecular formula is C4H8N2S2. The number of hydrogen-bond acceptors (Lipinski definition) is 2. The smallest absolute Gasteiger partial charge is 0.0909 e. The average molecular weight is 148 g/mol. The maximum atomic E-state index is 4.68. The quantitative estimate of drug-likeness (QED) is 0.391. The van der Waals surface area contributed by atoms with Crippen LogP contribution in [0.15, 0.2) is 0 Å². The molecule has 0 saturated heterocycles. The Balaban J connectivity index is 3.18. The van der Waals surface area contributed by atoms with E-state index in [1.54, 1.807) is 13.8 Å². The Bertz CT molecular complexity index is 96.6. The van der Waals surface area contributed by atoms with Crippen LogP contribution in [0.25, 0.3) is 0 Å². The molecule has 0 aromatic heterocycles. The van der Waals surface area contributed by atoms with Crippen LogP contribution in [-0.2, 0) is 0 Å². The molecule has 0 rings (SSSR count). The summed E-state index contributed by atoms with van der Waals surface area (Å²) in [5, 5.41) is 0. The molecule has 2 N–H and O–H groups in total. The number of hydrazine groups is 1. The highest BCUT2D eigenvalue weighted by atomic mass is 32.1. The summed E-state index contributed by atoms with van der Waals surface area (Å²) in [5.74, 6) is 0. The second-order valence-electron chi connectivity index (χ2n) is 1.36. The molecular weight excluding hydrogens is 140 g/mol. The largest absolute Gasteiger partial charge is 0.294 e. The van der Waals surface area contributed by atoms with Gasteiger partial charge in [-0.25, -0.2) is 0 Å². The molecule has 0 atom stereocenters. The van der Waals surface area contributed by atoms with E-state index in [2.05, 4.69) is 35.3 Å². The van der Waals surface area contributed by atoms with Crippen LogP contribution in [0.5, 0.6) is 0 Å². The van der Waals surface area contributed by atoms with Crippen LogP contribution in [0.1, 0.15) is 13.8 Å². The van der Waals surface area contributed by atoms with Crippen LogP contribution in [0.2, 0.25) is 0 Å². The van der Waals surface area contributed by atoms with Crippen molar-refractivity contribution in [3.8, 4) is 0 Å². The molecule has 0 heterocycles. The predicted octanol–water partition coefficient (Wildman–Crippen LogP) is 0.775. The SMILES string of the molecule is CC(=S)NNC(C)=S. The predicted molar refractivity (Wildman–Crippen MR) is 42.8 cm³/mol. The first-order valence-electron chi connectivity index (χ1n) is 2.16. The minimum atomic E-state index is 0.689. The zero-order valence-corrected chi connectivity index (χ0v) is 6.45. The molecule has 0 spiro atoms. The Hall–Kier alpha value is -0.220. The summed E-state index contributed by atoms with van der Waals surface area (Å²) in [7, 11) is 0. The first-order chi connectivity index (χ1) is 3.63. The van der Waals surface area contributed by atoms with Crippen molar-refractivity contribution in [3.63, 3.8) is 0 Å². The molecule has 0 aromatic carbocycles. The van der Waals surface area contributed by atoms with Crippen molar-refractivity contribution in [3.05, 3.63) is 0 Å². The lowest BCUT2D eigenvalue weighted by Crippen LogP contribution is -2.37. The van der Waals surface area contributed by atoms with Crippen molar-refractivity contribution in [2.75, 3.05) is 0 Å². The summed E-state index contributed by atoms with van der Waals surface area (Å²) < 4.78 is 0. The molecule has 8 heavy (non-hydrogen) atoms. The van der Waals surface area contributed by atoms with Gasteiger partial charge in [0.2, 0.25) is 0 Å². The topological polar surface area (TPSA) is 24.1 Å². The van der Waals surface area contributed by atoms with Gasteiger partial charge in [-0.3, -0.25) is 10.9 Å². The number of rotatable bonds is 0. The third kappa shape index (κ3) is 5.78. The first kappa shape index (κ1) is 7.78. The maximum Gasteiger partial charge on any atom is 0.0909 e. The normalized spacial score (nSPS) is 7.75. The van der Waals surface area contributed by atoms with Crippen LogP contribution < -0.4 is 10.9 Å². The van der Waals surface area contributed by atoms with E-state index in [4.69, 9.17) is 0 Å². The van der Waals surface area contributed by atoms with Crippen LogP contribution in [-0.4, -0.2) is 9.98 Å². The van der Waals surface area contributed by atoms with Gasteiger partial charge in [-0.2, -0.15) is 0 Å². The Morgan fingerprint density at radius 2 is 1.25 bits per heavy atom. The van der Waals surface area contributed by atoms with E-state index in [0.29, 0.717) is 9.98 Å². The van der Waals surface area contributed by atoms with E-state index < -0.39 is 0 Å². The molecule has 4 heteroatoms. The fraction of sp³-hybridized carbons (Fsp3) is 0.500. The highest BCUT2D eigenvalue weighted by Crippen LogP contribution is 1.64. The van der Waals surface area contributed by atoms with Crippen LogP contribution in [0, 0.1) is 0 Å². The second kappa shape index (κ2) is 3.74. The Labute approximate surface area is 59.6 Å². The Morgan fingerprint density at radius 3 is 1.38 bits per heavy atom. The van der Waals surface area contributed by atoms with Gasteiger partial charge in [-0.1, -0.05) is 24.4 Å². The minimum Gasteiger partial charge on any atom is -0.294 e. The van der Waals surface area contributed by atoms with E-state index >= 15 is 0 Å². The van der Waals surface area contributed by atoms with Crippen LogP contribution in [0.4, 0.5) is 0 Å². The molecule has 0 unspecified atom stereocenters. The maximum absolute atomic E-state index is 4.68. The van der Waals surface area contributed by atoms with Crippen molar-refractivity contribution in [1.29, 1.82) is 0 Å². The molecule has 0 aliphatic carbocycles. The lowest BCUT2D eigenvalue weighted by molar-refractivity contribution is 0.882. The highest BCUT2D eigenvalue weighted by molar-refractivity contribution is 7.80. The molecule has 0 saturated carbocycles. The van der Waals surface area contributed by atoms with Crippen molar-refractivity contribution in [1.82, 2.24) is 10.9 Å². The van der Waals surface area contributed by atoms with Gasteiger partial charge in [0.15, 0.2) is 0 Å². The van der Waals surface area contributed by atoms with Gasteiger partial charge in [0.1, 0.15) is 0 Å². The molecule has 0 aliphatic heterocycles. The van der Waals surface area contributed by atoms with Crippen LogP contribution in [0.3, 0.4) is 0 Å². The van der Waals surface area contributed by atoms with Gasteiger partial charge < -0.3 is 0 Å².